The van der Waals surface area contributed by atoms with Crippen molar-refractivity contribution >= 4 is 12.0 Å². The second kappa shape index (κ2) is 7.16. The second-order valence-electron chi connectivity index (χ2n) is 5.33. The molecule has 0 aromatic carbocycles. The van der Waals surface area contributed by atoms with Gasteiger partial charge in [-0.3, -0.25) is 0 Å². The largest absolute Gasteiger partial charge is 0.480 e. The zero-order chi connectivity index (χ0) is 14.3. The summed E-state index contributed by atoms with van der Waals surface area (Å²) in [6.45, 7) is 5.47. The Morgan fingerprint density at radius 2 is 1.89 bits per heavy atom. The molecule has 1 fully saturated rings. The Labute approximate surface area is 114 Å². The molecule has 108 valence electrons. The number of carbonyl (C=O) groups is 2. The topological polar surface area (TPSA) is 78.4 Å². The number of aliphatic carboxylic acids is 1. The number of urea groups is 1. The average Bonchev–Trinajstić information content (AvgIpc) is 2.55. The lowest BCUT2D eigenvalue weighted by molar-refractivity contribution is -0.145. The highest BCUT2D eigenvalue weighted by Gasteiger charge is 2.40. The van der Waals surface area contributed by atoms with Gasteiger partial charge in [0.05, 0.1) is 0 Å². The minimum absolute atomic E-state index is 0.0471. The molecule has 0 heterocycles. The molecule has 5 heteroatoms. The normalized spacial score (nSPS) is 19.8. The lowest BCUT2D eigenvalue weighted by Crippen LogP contribution is -2.57. The first-order valence-corrected chi connectivity index (χ1v) is 6.93. The summed E-state index contributed by atoms with van der Waals surface area (Å²) in [5.41, 5.74) is -1.10. The van der Waals surface area contributed by atoms with Crippen LogP contribution in [0.1, 0.15) is 51.9 Å². The van der Waals surface area contributed by atoms with Crippen LogP contribution in [0, 0.1) is 0 Å². The van der Waals surface area contributed by atoms with E-state index in [9.17, 15) is 14.7 Å². The third-order valence-electron chi connectivity index (χ3n) is 3.62. The molecule has 2 amide bonds. The molecule has 1 aliphatic rings. The van der Waals surface area contributed by atoms with Crippen molar-refractivity contribution in [3.63, 3.8) is 0 Å². The van der Waals surface area contributed by atoms with Crippen LogP contribution in [0.2, 0.25) is 0 Å². The van der Waals surface area contributed by atoms with Gasteiger partial charge in [-0.05, 0) is 26.2 Å². The van der Waals surface area contributed by atoms with Crippen molar-refractivity contribution in [3.05, 3.63) is 12.7 Å². The quantitative estimate of drug-likeness (QED) is 0.529. The molecule has 3 N–H and O–H groups in total. The average molecular weight is 268 g/mol. The molecular formula is C14H24N2O3. The van der Waals surface area contributed by atoms with Gasteiger partial charge in [0, 0.05) is 6.04 Å². The Bertz CT molecular complexity index is 334. The molecule has 0 bridgehead atoms. The molecule has 0 saturated heterocycles. The van der Waals surface area contributed by atoms with Crippen molar-refractivity contribution in [3.8, 4) is 0 Å². The van der Waals surface area contributed by atoms with Crippen LogP contribution >= 0.6 is 0 Å². The van der Waals surface area contributed by atoms with E-state index in [2.05, 4.69) is 17.2 Å². The van der Waals surface area contributed by atoms with Gasteiger partial charge < -0.3 is 15.7 Å². The van der Waals surface area contributed by atoms with E-state index in [1.54, 1.807) is 6.08 Å². The number of hydrogen-bond donors (Lipinski definition) is 3. The summed E-state index contributed by atoms with van der Waals surface area (Å²) in [5, 5.41) is 14.9. The minimum atomic E-state index is -1.10. The monoisotopic (exact) mass is 268 g/mol. The fourth-order valence-electron chi connectivity index (χ4n) is 2.51. The molecule has 5 nitrogen and oxygen atoms in total. The minimum Gasteiger partial charge on any atom is -0.480 e. The van der Waals surface area contributed by atoms with Gasteiger partial charge in [0.2, 0.25) is 0 Å². The first-order chi connectivity index (χ1) is 9.00. The van der Waals surface area contributed by atoms with E-state index in [1.165, 1.54) is 0 Å². The highest BCUT2D eigenvalue weighted by atomic mass is 16.4. The second-order valence-corrected chi connectivity index (χ2v) is 5.33. The van der Waals surface area contributed by atoms with E-state index in [-0.39, 0.29) is 6.04 Å². The maximum absolute atomic E-state index is 11.9. The third kappa shape index (κ3) is 4.58. The van der Waals surface area contributed by atoms with E-state index in [4.69, 9.17) is 0 Å². The highest BCUT2D eigenvalue weighted by molar-refractivity contribution is 5.86. The Morgan fingerprint density at radius 1 is 1.32 bits per heavy atom. The molecule has 0 aromatic heterocycles. The predicted octanol–water partition coefficient (Wildman–Crippen LogP) is 2.43. The zero-order valence-electron chi connectivity index (χ0n) is 11.6. The number of nitrogens with one attached hydrogen (secondary N) is 2. The number of hydrogen-bond acceptors (Lipinski definition) is 2. The SMILES string of the molecule is C=CCC(C)NC(=O)NC1(C(=O)O)CCCCCC1. The summed E-state index contributed by atoms with van der Waals surface area (Å²) in [7, 11) is 0. The van der Waals surface area contributed by atoms with E-state index in [0.717, 1.165) is 25.7 Å². The number of carboxylic acid groups (broad SMARTS) is 1. The van der Waals surface area contributed by atoms with Crippen LogP contribution in [-0.2, 0) is 4.79 Å². The molecule has 0 aliphatic heterocycles. The lowest BCUT2D eigenvalue weighted by Gasteiger charge is -2.30. The van der Waals surface area contributed by atoms with Crippen molar-refractivity contribution in [2.24, 2.45) is 0 Å². The molecule has 1 unspecified atom stereocenters. The maximum Gasteiger partial charge on any atom is 0.329 e. The van der Waals surface area contributed by atoms with Gasteiger partial charge in [-0.1, -0.05) is 31.8 Å². The van der Waals surface area contributed by atoms with Gasteiger partial charge in [-0.15, -0.1) is 6.58 Å². The molecule has 1 aliphatic carbocycles. The van der Waals surface area contributed by atoms with E-state index >= 15 is 0 Å². The van der Waals surface area contributed by atoms with E-state index in [1.807, 2.05) is 6.92 Å². The number of rotatable bonds is 5. The molecule has 1 rings (SSSR count). The van der Waals surface area contributed by atoms with Gasteiger partial charge in [-0.2, -0.15) is 0 Å². The van der Waals surface area contributed by atoms with Crippen molar-refractivity contribution in [1.82, 2.24) is 10.6 Å². The van der Waals surface area contributed by atoms with Gasteiger partial charge in [0.15, 0.2) is 0 Å². The van der Waals surface area contributed by atoms with Crippen LogP contribution in [-0.4, -0.2) is 28.7 Å². The Kier molecular flexibility index (Phi) is 5.86. The Hall–Kier alpha value is -1.52. The van der Waals surface area contributed by atoms with Crippen LogP contribution in [0.4, 0.5) is 4.79 Å². The molecule has 1 saturated carbocycles. The van der Waals surface area contributed by atoms with E-state index < -0.39 is 17.5 Å². The molecule has 0 spiro atoms. The number of amides is 2. The van der Waals surface area contributed by atoms with Crippen LogP contribution in [0.15, 0.2) is 12.7 Å². The van der Waals surface area contributed by atoms with Crippen LogP contribution in [0.5, 0.6) is 0 Å². The summed E-state index contributed by atoms with van der Waals surface area (Å²) < 4.78 is 0. The van der Waals surface area contributed by atoms with E-state index in [0.29, 0.717) is 19.3 Å². The van der Waals surface area contributed by atoms with Crippen LogP contribution < -0.4 is 10.6 Å². The molecule has 0 aromatic rings. The van der Waals surface area contributed by atoms with Gasteiger partial charge >= 0.3 is 12.0 Å². The summed E-state index contributed by atoms with van der Waals surface area (Å²) in [6, 6.07) is -0.451. The predicted molar refractivity (Wildman–Crippen MR) is 74.0 cm³/mol. The van der Waals surface area contributed by atoms with Gasteiger partial charge in [-0.25, -0.2) is 9.59 Å². The summed E-state index contributed by atoms with van der Waals surface area (Å²) in [5.74, 6) is -0.930. The molecule has 0 radical (unpaired) electrons. The fraction of sp³-hybridized carbons (Fsp3) is 0.714. The lowest BCUT2D eigenvalue weighted by atomic mass is 9.90. The van der Waals surface area contributed by atoms with Crippen LogP contribution in [0.3, 0.4) is 0 Å². The Balaban J connectivity index is 2.64. The van der Waals surface area contributed by atoms with Crippen molar-refractivity contribution in [2.45, 2.75) is 63.5 Å². The van der Waals surface area contributed by atoms with Crippen molar-refractivity contribution in [1.29, 1.82) is 0 Å². The van der Waals surface area contributed by atoms with Gasteiger partial charge in [0.1, 0.15) is 5.54 Å². The molecule has 19 heavy (non-hydrogen) atoms. The number of carboxylic acids is 1. The van der Waals surface area contributed by atoms with Crippen molar-refractivity contribution < 1.29 is 14.7 Å². The standard InChI is InChI=1S/C14H24N2O3/c1-3-8-11(2)15-13(19)16-14(12(17)18)9-6-4-5-7-10-14/h3,11H,1,4-10H2,2H3,(H,17,18)(H2,15,16,19). The maximum atomic E-state index is 11.9. The van der Waals surface area contributed by atoms with Gasteiger partial charge in [0.25, 0.3) is 0 Å². The fourth-order valence-corrected chi connectivity index (χ4v) is 2.51. The highest BCUT2D eigenvalue weighted by Crippen LogP contribution is 2.27. The summed E-state index contributed by atoms with van der Waals surface area (Å²) >= 11 is 0. The van der Waals surface area contributed by atoms with Crippen LogP contribution in [0.25, 0.3) is 0 Å². The third-order valence-corrected chi connectivity index (χ3v) is 3.62. The molecular weight excluding hydrogens is 244 g/mol. The Morgan fingerprint density at radius 3 is 2.37 bits per heavy atom. The summed E-state index contributed by atoms with van der Waals surface area (Å²) in [6.07, 6.45) is 7.15. The zero-order valence-corrected chi connectivity index (χ0v) is 11.6. The smallest absolute Gasteiger partial charge is 0.329 e. The number of carbonyl (C=O) groups excluding carboxylic acids is 1. The first-order valence-electron chi connectivity index (χ1n) is 6.93. The van der Waals surface area contributed by atoms with Crippen molar-refractivity contribution in [2.75, 3.05) is 0 Å². The first kappa shape index (κ1) is 15.5. The summed E-state index contributed by atoms with van der Waals surface area (Å²) in [4.78, 5) is 23.4. The molecule has 1 atom stereocenters.